The maximum atomic E-state index is 14.2. The molecule has 300 valence electrons. The molecule has 3 aromatic carbocycles. The molecule has 0 saturated heterocycles. The number of amides is 4. The average Bonchev–Trinajstić information content (AvgIpc) is 3.29. The van der Waals surface area contributed by atoms with E-state index in [2.05, 4.69) is 16.0 Å². The van der Waals surface area contributed by atoms with Gasteiger partial charge in [-0.3, -0.25) is 24.0 Å². The van der Waals surface area contributed by atoms with Crippen molar-refractivity contribution in [2.45, 2.75) is 84.5 Å². The number of ketones is 1. The number of nitrogens with one attached hydrogen (secondary N) is 3. The number of hydrogen-bond acceptors (Lipinski definition) is 8. The summed E-state index contributed by atoms with van der Waals surface area (Å²) in [6, 6.07) is 19.2. The highest BCUT2D eigenvalue weighted by Gasteiger charge is 2.37. The molecule has 4 amide bonds. The molecule has 1 heterocycles. The van der Waals surface area contributed by atoms with Gasteiger partial charge >= 0.3 is 5.97 Å². The van der Waals surface area contributed by atoms with Crippen LogP contribution < -0.4 is 21.7 Å². The SMILES string of the molecule is CCC(C)[C@H](CC(=O)[C@H](Cc1ccc(O)cc1)NC(=O)[C@@H](CN)C(C)C)C(=O)NC1Cc2ccccc2CN(CC(=O)NC(Cc2ccccc2)C(=O)O)C1=O. The summed E-state index contributed by atoms with van der Waals surface area (Å²) in [4.78, 5) is 82.5. The van der Waals surface area contributed by atoms with Crippen LogP contribution in [0.2, 0.25) is 0 Å². The van der Waals surface area contributed by atoms with Crippen LogP contribution in [0.25, 0.3) is 0 Å². The van der Waals surface area contributed by atoms with E-state index in [9.17, 15) is 39.0 Å². The van der Waals surface area contributed by atoms with Gasteiger partial charge in [0.1, 0.15) is 17.8 Å². The maximum Gasteiger partial charge on any atom is 0.326 e. The Bertz CT molecular complexity index is 1830. The van der Waals surface area contributed by atoms with Crippen molar-refractivity contribution in [3.05, 3.63) is 101 Å². The Kier molecular flexibility index (Phi) is 15.7. The third-order valence-corrected chi connectivity index (χ3v) is 10.6. The van der Waals surface area contributed by atoms with Crippen molar-refractivity contribution < 1.29 is 39.0 Å². The number of carboxylic acid groups (broad SMARTS) is 1. The summed E-state index contributed by atoms with van der Waals surface area (Å²) in [5.74, 6) is -5.36. The molecule has 3 unspecified atom stereocenters. The van der Waals surface area contributed by atoms with Crippen LogP contribution in [0.1, 0.15) is 62.8 Å². The van der Waals surface area contributed by atoms with Gasteiger partial charge in [0.25, 0.3) is 0 Å². The molecule has 0 spiro atoms. The topological polar surface area (TPSA) is 208 Å². The predicted octanol–water partition coefficient (Wildman–Crippen LogP) is 3.15. The summed E-state index contributed by atoms with van der Waals surface area (Å²) in [7, 11) is 0. The van der Waals surface area contributed by atoms with Crippen LogP contribution in [0.15, 0.2) is 78.9 Å². The maximum absolute atomic E-state index is 14.2. The van der Waals surface area contributed by atoms with Crippen LogP contribution >= 0.6 is 0 Å². The number of carbonyl (C=O) groups excluding carboxylic acids is 5. The lowest BCUT2D eigenvalue weighted by Crippen LogP contribution is -2.53. The quantitative estimate of drug-likeness (QED) is 0.106. The van der Waals surface area contributed by atoms with Crippen molar-refractivity contribution in [3.8, 4) is 5.75 Å². The lowest BCUT2D eigenvalue weighted by molar-refractivity contribution is -0.143. The summed E-state index contributed by atoms with van der Waals surface area (Å²) in [6.45, 7) is 7.21. The molecule has 13 heteroatoms. The number of carbonyl (C=O) groups is 6. The first kappa shape index (κ1) is 43.2. The van der Waals surface area contributed by atoms with Crippen LogP contribution in [0, 0.1) is 23.7 Å². The van der Waals surface area contributed by atoms with Crippen molar-refractivity contribution in [2.75, 3.05) is 13.1 Å². The van der Waals surface area contributed by atoms with Crippen LogP contribution in [-0.2, 0) is 54.6 Å². The lowest BCUT2D eigenvalue weighted by Gasteiger charge is -2.29. The smallest absolute Gasteiger partial charge is 0.326 e. The Morgan fingerprint density at radius 2 is 1.41 bits per heavy atom. The van der Waals surface area contributed by atoms with E-state index in [0.29, 0.717) is 12.0 Å². The van der Waals surface area contributed by atoms with Crippen LogP contribution in [-0.4, -0.2) is 81.7 Å². The Morgan fingerprint density at radius 1 is 0.804 bits per heavy atom. The molecule has 7 N–H and O–H groups in total. The van der Waals surface area contributed by atoms with Crippen LogP contribution in [0.3, 0.4) is 0 Å². The van der Waals surface area contributed by atoms with Gasteiger partial charge in [0.05, 0.1) is 18.5 Å². The van der Waals surface area contributed by atoms with Gasteiger partial charge in [-0.25, -0.2) is 4.79 Å². The van der Waals surface area contributed by atoms with E-state index in [1.54, 1.807) is 42.5 Å². The Morgan fingerprint density at radius 3 is 2.02 bits per heavy atom. The highest BCUT2D eigenvalue weighted by molar-refractivity contribution is 5.96. The van der Waals surface area contributed by atoms with E-state index in [4.69, 9.17) is 5.73 Å². The first-order chi connectivity index (χ1) is 26.7. The molecule has 0 radical (unpaired) electrons. The van der Waals surface area contributed by atoms with Gasteiger partial charge in [0.15, 0.2) is 5.78 Å². The number of benzene rings is 3. The fraction of sp³-hybridized carbons (Fsp3) is 0.442. The van der Waals surface area contributed by atoms with Gasteiger partial charge in [-0.05, 0) is 52.6 Å². The summed E-state index contributed by atoms with van der Waals surface area (Å²) < 4.78 is 0. The minimum atomic E-state index is -1.22. The van der Waals surface area contributed by atoms with E-state index in [0.717, 1.165) is 16.7 Å². The highest BCUT2D eigenvalue weighted by Crippen LogP contribution is 2.25. The summed E-state index contributed by atoms with van der Waals surface area (Å²) in [6.07, 6.45) is 0.641. The van der Waals surface area contributed by atoms with Gasteiger partial charge in [0, 0.05) is 38.3 Å². The van der Waals surface area contributed by atoms with Crippen molar-refractivity contribution in [3.63, 3.8) is 0 Å². The highest BCUT2D eigenvalue weighted by atomic mass is 16.4. The fourth-order valence-electron chi connectivity index (χ4n) is 6.98. The van der Waals surface area contributed by atoms with Gasteiger partial charge < -0.3 is 36.8 Å². The molecule has 0 bridgehead atoms. The number of Topliss-reactive ketones (excluding diaryl/α,β-unsaturated/α-hetero) is 1. The summed E-state index contributed by atoms with van der Waals surface area (Å²) >= 11 is 0. The largest absolute Gasteiger partial charge is 0.508 e. The third kappa shape index (κ3) is 12.0. The fourth-order valence-corrected chi connectivity index (χ4v) is 6.98. The van der Waals surface area contributed by atoms with Gasteiger partial charge in [0.2, 0.25) is 23.6 Å². The zero-order chi connectivity index (χ0) is 40.9. The number of hydrogen-bond donors (Lipinski definition) is 6. The Hall–Kier alpha value is -5.56. The third-order valence-electron chi connectivity index (χ3n) is 10.6. The van der Waals surface area contributed by atoms with Crippen molar-refractivity contribution in [1.82, 2.24) is 20.9 Å². The second-order valence-corrected chi connectivity index (χ2v) is 15.1. The molecule has 1 aliphatic heterocycles. The van der Waals surface area contributed by atoms with Crippen molar-refractivity contribution >= 4 is 35.4 Å². The minimum Gasteiger partial charge on any atom is -0.508 e. The first-order valence-corrected chi connectivity index (χ1v) is 19.2. The summed E-state index contributed by atoms with van der Waals surface area (Å²) in [5.41, 5.74) is 8.91. The van der Waals surface area contributed by atoms with Gasteiger partial charge in [-0.15, -0.1) is 0 Å². The van der Waals surface area contributed by atoms with Crippen molar-refractivity contribution in [1.29, 1.82) is 0 Å². The van der Waals surface area contributed by atoms with E-state index >= 15 is 0 Å². The lowest BCUT2D eigenvalue weighted by atomic mass is 9.84. The monoisotopic (exact) mass is 769 g/mol. The van der Waals surface area contributed by atoms with Gasteiger partial charge in [-0.2, -0.15) is 0 Å². The minimum absolute atomic E-state index is 0.0535. The number of nitrogens with zero attached hydrogens (tertiary/aromatic N) is 1. The molecule has 3 aromatic rings. The number of phenolic OH excluding ortho intramolecular Hbond substituents is 1. The molecule has 1 aliphatic rings. The molecule has 4 rings (SSSR count). The average molecular weight is 770 g/mol. The standard InChI is InChI=1S/C43H55N5O8/c1-5-27(4)33(22-38(50)35(19-29-15-17-32(49)18-16-29)46-41(53)34(23-44)26(2)3)40(52)47-36-21-30-13-9-10-14-31(30)24-48(42(36)54)25-39(51)45-37(43(55)56)20-28-11-7-6-8-12-28/h6-18,26-27,33-37,49H,5,19-25,44H2,1-4H3,(H,45,51)(H,46,53)(H,47,52)(H,55,56)/t27?,33-,34-,35-,36?,37?/m0/s1. The second kappa shape index (κ2) is 20.4. The number of rotatable bonds is 19. The molecule has 0 aromatic heterocycles. The number of fused-ring (bicyclic) bond motifs is 1. The predicted molar refractivity (Wildman–Crippen MR) is 211 cm³/mol. The zero-order valence-corrected chi connectivity index (χ0v) is 32.6. The van der Waals surface area contributed by atoms with E-state index in [1.165, 1.54) is 17.0 Å². The molecule has 13 nitrogen and oxygen atoms in total. The van der Waals surface area contributed by atoms with E-state index in [-0.39, 0.29) is 68.0 Å². The molecule has 0 saturated carbocycles. The Balaban J connectivity index is 1.55. The van der Waals surface area contributed by atoms with Gasteiger partial charge in [-0.1, -0.05) is 101 Å². The molecule has 6 atom stereocenters. The first-order valence-electron chi connectivity index (χ1n) is 19.2. The number of carboxylic acids is 1. The van der Waals surface area contributed by atoms with Crippen LogP contribution in [0.4, 0.5) is 0 Å². The normalized spacial score (nSPS) is 16.7. The number of nitrogens with two attached hydrogens (primary N) is 1. The second-order valence-electron chi connectivity index (χ2n) is 15.1. The molecule has 56 heavy (non-hydrogen) atoms. The van der Waals surface area contributed by atoms with Crippen molar-refractivity contribution in [2.24, 2.45) is 29.4 Å². The zero-order valence-electron chi connectivity index (χ0n) is 32.6. The summed E-state index contributed by atoms with van der Waals surface area (Å²) in [5, 5.41) is 28.0. The molecular formula is C43H55N5O8. The molecule has 0 aliphatic carbocycles. The molecule has 0 fully saturated rings. The number of aromatic hydroxyl groups is 1. The number of aliphatic carboxylic acids is 1. The molecular weight excluding hydrogens is 715 g/mol. The van der Waals surface area contributed by atoms with Crippen LogP contribution in [0.5, 0.6) is 5.75 Å². The van der Waals surface area contributed by atoms with E-state index in [1.807, 2.05) is 52.0 Å². The number of phenols is 1. The Labute approximate surface area is 328 Å². The van der Waals surface area contributed by atoms with E-state index < -0.39 is 60.2 Å².